The minimum absolute atomic E-state index is 0.134. The van der Waals surface area contributed by atoms with Crippen molar-refractivity contribution in [1.29, 1.82) is 0 Å². The van der Waals surface area contributed by atoms with Crippen LogP contribution in [-0.4, -0.2) is 25.3 Å². The van der Waals surface area contributed by atoms with Gasteiger partial charge in [0.1, 0.15) is 0 Å². The van der Waals surface area contributed by atoms with Crippen LogP contribution >= 0.6 is 0 Å². The number of rotatable bonds is 4. The van der Waals surface area contributed by atoms with E-state index in [1.165, 1.54) is 0 Å². The zero-order chi connectivity index (χ0) is 14.8. The minimum atomic E-state index is -3.41. The third kappa shape index (κ3) is 2.75. The first kappa shape index (κ1) is 15.5. The summed E-state index contributed by atoms with van der Waals surface area (Å²) in [6.07, 6.45) is 3.90. The van der Waals surface area contributed by atoms with Crippen LogP contribution < -0.4 is 5.73 Å². The Morgan fingerprint density at radius 2 is 2.10 bits per heavy atom. The number of nitrogens with zero attached hydrogens (tertiary/aromatic N) is 1. The Morgan fingerprint density at radius 1 is 1.35 bits per heavy atom. The molecular formula is C15H24N2O2S. The number of hydrogen-bond acceptors (Lipinski definition) is 3. The van der Waals surface area contributed by atoms with Crippen LogP contribution in [0.25, 0.3) is 0 Å². The number of piperidine rings is 1. The van der Waals surface area contributed by atoms with Gasteiger partial charge in [0.15, 0.2) is 0 Å². The van der Waals surface area contributed by atoms with Crippen LogP contribution in [0, 0.1) is 6.92 Å². The molecule has 20 heavy (non-hydrogen) atoms. The lowest BCUT2D eigenvalue weighted by Gasteiger charge is -2.34. The Hall–Kier alpha value is -0.910. The maximum absolute atomic E-state index is 12.9. The second kappa shape index (κ2) is 6.24. The first-order valence-corrected chi connectivity index (χ1v) is 8.76. The van der Waals surface area contributed by atoms with E-state index >= 15 is 0 Å². The van der Waals surface area contributed by atoms with Gasteiger partial charge in [0, 0.05) is 19.1 Å². The fourth-order valence-electron chi connectivity index (χ4n) is 2.99. The van der Waals surface area contributed by atoms with Crippen LogP contribution in [0.3, 0.4) is 0 Å². The molecule has 0 bridgehead atoms. The maximum atomic E-state index is 12.9. The Labute approximate surface area is 122 Å². The summed E-state index contributed by atoms with van der Waals surface area (Å²) >= 11 is 0. The van der Waals surface area contributed by atoms with Gasteiger partial charge in [-0.05, 0) is 43.4 Å². The molecule has 0 aromatic heterocycles. The summed E-state index contributed by atoms with van der Waals surface area (Å²) in [6.45, 7) is 4.90. The number of benzene rings is 1. The summed E-state index contributed by atoms with van der Waals surface area (Å²) < 4.78 is 27.6. The lowest BCUT2D eigenvalue weighted by atomic mass is 10.0. The van der Waals surface area contributed by atoms with Crippen LogP contribution in [0.5, 0.6) is 0 Å². The van der Waals surface area contributed by atoms with Gasteiger partial charge in [0.25, 0.3) is 0 Å². The van der Waals surface area contributed by atoms with E-state index in [4.69, 9.17) is 5.73 Å². The van der Waals surface area contributed by atoms with Gasteiger partial charge in [-0.3, -0.25) is 0 Å². The highest BCUT2D eigenvalue weighted by Gasteiger charge is 2.33. The van der Waals surface area contributed by atoms with Crippen molar-refractivity contribution in [1.82, 2.24) is 4.31 Å². The standard InChI is InChI=1S/C15H24N2O2S/c1-3-14-8-4-5-10-17(14)20(18,19)15-9-6-7-13(11-16)12(15)2/h6-7,9,14H,3-5,8,10-11,16H2,1-2H3. The molecule has 1 atom stereocenters. The molecule has 1 saturated heterocycles. The van der Waals surface area contributed by atoms with E-state index in [9.17, 15) is 8.42 Å². The maximum Gasteiger partial charge on any atom is 0.243 e. The molecule has 1 unspecified atom stereocenters. The summed E-state index contributed by atoms with van der Waals surface area (Å²) in [5.74, 6) is 0. The van der Waals surface area contributed by atoms with Crippen molar-refractivity contribution < 1.29 is 8.42 Å². The molecule has 1 heterocycles. The zero-order valence-electron chi connectivity index (χ0n) is 12.3. The highest BCUT2D eigenvalue weighted by molar-refractivity contribution is 7.89. The Bertz CT molecular complexity index is 569. The molecule has 1 fully saturated rings. The van der Waals surface area contributed by atoms with Crippen LogP contribution in [0.4, 0.5) is 0 Å². The summed E-state index contributed by atoms with van der Waals surface area (Å²) in [5, 5.41) is 0. The molecule has 112 valence electrons. The fourth-order valence-corrected chi connectivity index (χ4v) is 5.02. The summed E-state index contributed by atoms with van der Waals surface area (Å²) in [6, 6.07) is 5.51. The van der Waals surface area contributed by atoms with E-state index in [-0.39, 0.29) is 6.04 Å². The average molecular weight is 296 g/mol. The van der Waals surface area contributed by atoms with Crippen LogP contribution in [0.15, 0.2) is 23.1 Å². The topological polar surface area (TPSA) is 63.4 Å². The lowest BCUT2D eigenvalue weighted by molar-refractivity contribution is 0.246. The Kier molecular flexibility index (Phi) is 4.83. The average Bonchev–Trinajstić information content (AvgIpc) is 2.47. The molecule has 5 heteroatoms. The van der Waals surface area contributed by atoms with Crippen molar-refractivity contribution in [2.24, 2.45) is 5.73 Å². The van der Waals surface area contributed by atoms with Crippen LogP contribution in [-0.2, 0) is 16.6 Å². The van der Waals surface area contributed by atoms with Gasteiger partial charge in [-0.2, -0.15) is 4.31 Å². The van der Waals surface area contributed by atoms with E-state index in [1.807, 2.05) is 13.0 Å². The van der Waals surface area contributed by atoms with E-state index < -0.39 is 10.0 Å². The second-order valence-electron chi connectivity index (χ2n) is 5.42. The van der Waals surface area contributed by atoms with Gasteiger partial charge < -0.3 is 5.73 Å². The summed E-state index contributed by atoms with van der Waals surface area (Å²) in [5.41, 5.74) is 7.37. The van der Waals surface area contributed by atoms with Crippen molar-refractivity contribution in [3.05, 3.63) is 29.3 Å². The molecule has 0 aliphatic carbocycles. The molecule has 1 aromatic carbocycles. The second-order valence-corrected chi connectivity index (χ2v) is 7.28. The van der Waals surface area contributed by atoms with Crippen LogP contribution in [0.2, 0.25) is 0 Å². The first-order chi connectivity index (χ1) is 9.52. The van der Waals surface area contributed by atoms with E-state index in [0.29, 0.717) is 18.0 Å². The van der Waals surface area contributed by atoms with Gasteiger partial charge in [-0.15, -0.1) is 0 Å². The number of nitrogens with two attached hydrogens (primary N) is 1. The molecule has 0 amide bonds. The summed E-state index contributed by atoms with van der Waals surface area (Å²) in [4.78, 5) is 0.417. The fraction of sp³-hybridized carbons (Fsp3) is 0.600. The molecule has 2 rings (SSSR count). The van der Waals surface area contributed by atoms with Gasteiger partial charge >= 0.3 is 0 Å². The molecule has 0 saturated carbocycles. The van der Waals surface area contributed by atoms with E-state index in [1.54, 1.807) is 16.4 Å². The highest BCUT2D eigenvalue weighted by atomic mass is 32.2. The largest absolute Gasteiger partial charge is 0.326 e. The lowest BCUT2D eigenvalue weighted by Crippen LogP contribution is -2.43. The SMILES string of the molecule is CCC1CCCCN1S(=O)(=O)c1cccc(CN)c1C. The normalized spacial score (nSPS) is 21.1. The molecular weight excluding hydrogens is 272 g/mol. The van der Waals surface area contributed by atoms with Crippen molar-refractivity contribution in [2.75, 3.05) is 6.54 Å². The first-order valence-electron chi connectivity index (χ1n) is 7.32. The number of hydrogen-bond donors (Lipinski definition) is 1. The van der Waals surface area contributed by atoms with Crippen molar-refractivity contribution in [3.63, 3.8) is 0 Å². The molecule has 1 aliphatic rings. The van der Waals surface area contributed by atoms with Crippen LogP contribution in [0.1, 0.15) is 43.7 Å². The zero-order valence-corrected chi connectivity index (χ0v) is 13.1. The van der Waals surface area contributed by atoms with Gasteiger partial charge in [0.2, 0.25) is 10.0 Å². The molecule has 4 nitrogen and oxygen atoms in total. The molecule has 2 N–H and O–H groups in total. The van der Waals surface area contributed by atoms with Crippen molar-refractivity contribution in [2.45, 2.75) is 57.0 Å². The third-order valence-corrected chi connectivity index (χ3v) is 6.34. The molecule has 0 spiro atoms. The highest BCUT2D eigenvalue weighted by Crippen LogP contribution is 2.29. The summed E-state index contributed by atoms with van der Waals surface area (Å²) in [7, 11) is -3.41. The number of sulfonamides is 1. The molecule has 1 aliphatic heterocycles. The molecule has 1 aromatic rings. The predicted molar refractivity (Wildman–Crippen MR) is 80.9 cm³/mol. The monoisotopic (exact) mass is 296 g/mol. The minimum Gasteiger partial charge on any atom is -0.326 e. The molecule has 0 radical (unpaired) electrons. The van der Waals surface area contributed by atoms with E-state index in [2.05, 4.69) is 6.92 Å². The third-order valence-electron chi connectivity index (χ3n) is 4.25. The van der Waals surface area contributed by atoms with Gasteiger partial charge in [-0.1, -0.05) is 25.5 Å². The van der Waals surface area contributed by atoms with Crippen molar-refractivity contribution >= 4 is 10.0 Å². The van der Waals surface area contributed by atoms with Crippen molar-refractivity contribution in [3.8, 4) is 0 Å². The quantitative estimate of drug-likeness (QED) is 0.928. The van der Waals surface area contributed by atoms with Gasteiger partial charge in [0.05, 0.1) is 4.90 Å². The van der Waals surface area contributed by atoms with E-state index in [0.717, 1.165) is 36.8 Å². The van der Waals surface area contributed by atoms with Gasteiger partial charge in [-0.25, -0.2) is 8.42 Å². The smallest absolute Gasteiger partial charge is 0.243 e. The predicted octanol–water partition coefficient (Wildman–Crippen LogP) is 2.41. The Morgan fingerprint density at radius 3 is 2.75 bits per heavy atom. The Balaban J connectivity index is 2.44.